The first-order valence-corrected chi connectivity index (χ1v) is 7.35. The van der Waals surface area contributed by atoms with E-state index in [0.29, 0.717) is 6.54 Å². The Bertz CT molecular complexity index is 694. The highest BCUT2D eigenvalue weighted by Gasteiger charge is 2.03. The summed E-state index contributed by atoms with van der Waals surface area (Å²) in [6.45, 7) is 1.44. The van der Waals surface area contributed by atoms with Crippen LogP contribution in [0.2, 0.25) is 0 Å². The van der Waals surface area contributed by atoms with Gasteiger partial charge in [0.1, 0.15) is 18.5 Å². The molecule has 0 aliphatic rings. The molecule has 0 radical (unpaired) electrons. The Labute approximate surface area is 131 Å². The average molecular weight is 344 g/mol. The summed E-state index contributed by atoms with van der Waals surface area (Å²) in [6, 6.07) is 12.2. The van der Waals surface area contributed by atoms with E-state index in [0.717, 1.165) is 16.8 Å². The van der Waals surface area contributed by atoms with Crippen molar-refractivity contribution < 1.29 is 0 Å². The molecule has 2 aromatic heterocycles. The summed E-state index contributed by atoms with van der Waals surface area (Å²) in [7, 11) is 0. The van der Waals surface area contributed by atoms with E-state index in [9.17, 15) is 0 Å². The topological polar surface area (TPSA) is 55.6 Å². The fourth-order valence-electron chi connectivity index (χ4n) is 2.04. The van der Waals surface area contributed by atoms with Crippen LogP contribution < -0.4 is 5.32 Å². The third-order valence-electron chi connectivity index (χ3n) is 3.10. The van der Waals surface area contributed by atoms with Crippen molar-refractivity contribution in [3.05, 3.63) is 70.8 Å². The molecule has 0 unspecified atom stereocenters. The second-order valence-electron chi connectivity index (χ2n) is 4.58. The van der Waals surface area contributed by atoms with Crippen LogP contribution in [0.3, 0.4) is 0 Å². The van der Waals surface area contributed by atoms with Gasteiger partial charge in [0.15, 0.2) is 0 Å². The maximum absolute atomic E-state index is 4.31. The summed E-state index contributed by atoms with van der Waals surface area (Å²) in [6.07, 6.45) is 5.05. The van der Waals surface area contributed by atoms with E-state index in [2.05, 4.69) is 48.4 Å². The number of benzene rings is 1. The Morgan fingerprint density at radius 3 is 2.67 bits per heavy atom. The van der Waals surface area contributed by atoms with E-state index in [-0.39, 0.29) is 0 Å². The first-order valence-electron chi connectivity index (χ1n) is 6.56. The molecule has 1 N–H and O–H groups in total. The second-order valence-corrected chi connectivity index (χ2v) is 5.49. The third-order valence-corrected chi connectivity index (χ3v) is 3.57. The normalized spacial score (nSPS) is 10.5. The van der Waals surface area contributed by atoms with Gasteiger partial charge in [0.25, 0.3) is 0 Å². The Morgan fingerprint density at radius 2 is 1.95 bits per heavy atom. The molecule has 0 aliphatic carbocycles. The molecule has 0 bridgehead atoms. The molecule has 3 rings (SSSR count). The second kappa shape index (κ2) is 6.49. The van der Waals surface area contributed by atoms with Crippen molar-refractivity contribution in [2.45, 2.75) is 13.1 Å². The molecule has 0 fully saturated rings. The van der Waals surface area contributed by atoms with Crippen molar-refractivity contribution in [2.75, 3.05) is 5.32 Å². The zero-order valence-corrected chi connectivity index (χ0v) is 12.9. The number of aromatic nitrogens is 4. The number of nitrogens with zero attached hydrogens (tertiary/aromatic N) is 4. The Kier molecular flexibility index (Phi) is 4.25. The monoisotopic (exact) mass is 343 g/mol. The van der Waals surface area contributed by atoms with Gasteiger partial charge in [-0.2, -0.15) is 5.10 Å². The number of pyridine rings is 1. The lowest BCUT2D eigenvalue weighted by Crippen LogP contribution is -2.07. The van der Waals surface area contributed by atoms with Gasteiger partial charge >= 0.3 is 0 Å². The van der Waals surface area contributed by atoms with Crippen LogP contribution in [0.15, 0.2) is 59.7 Å². The molecule has 0 aliphatic heterocycles. The van der Waals surface area contributed by atoms with Gasteiger partial charge in [-0.25, -0.2) is 14.6 Å². The molecular weight excluding hydrogens is 330 g/mol. The fourth-order valence-corrected chi connectivity index (χ4v) is 2.27. The van der Waals surface area contributed by atoms with E-state index >= 15 is 0 Å². The number of hydrogen-bond acceptors (Lipinski definition) is 4. The summed E-state index contributed by atoms with van der Waals surface area (Å²) < 4.78 is 2.79. The van der Waals surface area contributed by atoms with Crippen LogP contribution in [0.4, 0.5) is 5.82 Å². The Morgan fingerprint density at radius 1 is 1.10 bits per heavy atom. The maximum Gasteiger partial charge on any atom is 0.137 e. The predicted octanol–water partition coefficient (Wildman–Crippen LogP) is 3.10. The van der Waals surface area contributed by atoms with Crippen LogP contribution >= 0.6 is 15.9 Å². The number of hydrogen-bond donors (Lipinski definition) is 1. The molecule has 0 saturated carbocycles. The van der Waals surface area contributed by atoms with Crippen LogP contribution in [-0.2, 0) is 13.1 Å². The Balaban J connectivity index is 1.71. The number of anilines is 1. The van der Waals surface area contributed by atoms with Crippen molar-refractivity contribution >= 4 is 21.7 Å². The van der Waals surface area contributed by atoms with E-state index in [4.69, 9.17) is 0 Å². The number of halogens is 1. The van der Waals surface area contributed by atoms with Gasteiger partial charge in [-0.3, -0.25) is 0 Å². The van der Waals surface area contributed by atoms with Crippen molar-refractivity contribution in [2.24, 2.45) is 0 Å². The lowest BCUT2D eigenvalue weighted by Gasteiger charge is -2.11. The van der Waals surface area contributed by atoms with Crippen molar-refractivity contribution in [3.63, 3.8) is 0 Å². The Hall–Kier alpha value is -2.21. The van der Waals surface area contributed by atoms with E-state index in [1.165, 1.54) is 11.1 Å². The van der Waals surface area contributed by atoms with Crippen LogP contribution in [0, 0.1) is 0 Å². The first-order chi connectivity index (χ1) is 10.3. The van der Waals surface area contributed by atoms with Gasteiger partial charge in [-0.15, -0.1) is 0 Å². The number of nitrogens with one attached hydrogen (secondary N) is 1. The van der Waals surface area contributed by atoms with Crippen LogP contribution in [-0.4, -0.2) is 19.7 Å². The predicted molar refractivity (Wildman–Crippen MR) is 84.8 cm³/mol. The van der Waals surface area contributed by atoms with Crippen molar-refractivity contribution in [3.8, 4) is 0 Å². The van der Waals surface area contributed by atoms with Gasteiger partial charge in [-0.05, 0) is 39.2 Å². The molecular formula is C15H14BrN5. The van der Waals surface area contributed by atoms with E-state index in [1.54, 1.807) is 18.9 Å². The van der Waals surface area contributed by atoms with Gasteiger partial charge in [0.2, 0.25) is 0 Å². The highest BCUT2D eigenvalue weighted by atomic mass is 79.9. The molecule has 5 nitrogen and oxygen atoms in total. The highest BCUT2D eigenvalue weighted by molar-refractivity contribution is 9.10. The smallest absolute Gasteiger partial charge is 0.137 e. The summed E-state index contributed by atoms with van der Waals surface area (Å²) >= 11 is 3.38. The van der Waals surface area contributed by atoms with Gasteiger partial charge in [0, 0.05) is 17.2 Å². The SMILES string of the molecule is Brc1ccc(NCc2ccccc2Cn2cncn2)nc1. The molecule has 1 aromatic carbocycles. The highest BCUT2D eigenvalue weighted by Crippen LogP contribution is 2.14. The molecule has 0 spiro atoms. The van der Waals surface area contributed by atoms with E-state index in [1.807, 2.05) is 28.9 Å². The van der Waals surface area contributed by atoms with Crippen LogP contribution in [0.1, 0.15) is 11.1 Å². The lowest BCUT2D eigenvalue weighted by atomic mass is 10.1. The summed E-state index contributed by atoms with van der Waals surface area (Å²) in [4.78, 5) is 8.28. The largest absolute Gasteiger partial charge is 0.366 e. The standard InChI is InChI=1S/C15H14BrN5/c16-14-5-6-15(19-8-14)18-7-12-3-1-2-4-13(12)9-21-11-17-10-20-21/h1-6,8,10-11H,7,9H2,(H,18,19). The van der Waals surface area contributed by atoms with Gasteiger partial charge in [0.05, 0.1) is 6.54 Å². The molecule has 2 heterocycles. The average Bonchev–Trinajstić information content (AvgIpc) is 3.01. The van der Waals surface area contributed by atoms with Gasteiger partial charge in [-0.1, -0.05) is 24.3 Å². The summed E-state index contributed by atoms with van der Waals surface area (Å²) in [5.74, 6) is 0.855. The molecule has 0 atom stereocenters. The molecule has 21 heavy (non-hydrogen) atoms. The minimum absolute atomic E-state index is 0.714. The number of rotatable bonds is 5. The summed E-state index contributed by atoms with van der Waals surface area (Å²) in [5, 5.41) is 7.48. The first kappa shape index (κ1) is 13.8. The van der Waals surface area contributed by atoms with Crippen LogP contribution in [0.5, 0.6) is 0 Å². The van der Waals surface area contributed by atoms with Gasteiger partial charge < -0.3 is 5.32 Å². The van der Waals surface area contributed by atoms with E-state index < -0.39 is 0 Å². The minimum atomic E-state index is 0.714. The van der Waals surface area contributed by atoms with Crippen LogP contribution in [0.25, 0.3) is 0 Å². The van der Waals surface area contributed by atoms with Crippen molar-refractivity contribution in [1.29, 1.82) is 0 Å². The lowest BCUT2D eigenvalue weighted by molar-refractivity contribution is 0.680. The third kappa shape index (κ3) is 3.66. The van der Waals surface area contributed by atoms with Crippen molar-refractivity contribution in [1.82, 2.24) is 19.7 Å². The summed E-state index contributed by atoms with van der Waals surface area (Å²) in [5.41, 5.74) is 2.44. The molecule has 106 valence electrons. The quantitative estimate of drug-likeness (QED) is 0.773. The fraction of sp³-hybridized carbons (Fsp3) is 0.133. The minimum Gasteiger partial charge on any atom is -0.366 e. The molecule has 3 aromatic rings. The zero-order valence-electron chi connectivity index (χ0n) is 11.3. The molecule has 0 saturated heterocycles. The maximum atomic E-state index is 4.31. The molecule has 0 amide bonds. The molecule has 6 heteroatoms. The zero-order chi connectivity index (χ0) is 14.5.